The van der Waals surface area contributed by atoms with E-state index < -0.39 is 0 Å². The van der Waals surface area contributed by atoms with Crippen LogP contribution in [0.1, 0.15) is 21.5 Å². The zero-order valence-electron chi connectivity index (χ0n) is 10.2. The van der Waals surface area contributed by atoms with Gasteiger partial charge in [0, 0.05) is 31.7 Å². The average molecular weight is 247 g/mol. The number of hydrogen-bond donors (Lipinski definition) is 2. The Morgan fingerprint density at radius 3 is 2.83 bits per heavy atom. The van der Waals surface area contributed by atoms with Crippen LogP contribution >= 0.6 is 0 Å². The van der Waals surface area contributed by atoms with Gasteiger partial charge in [0.1, 0.15) is 0 Å². The monoisotopic (exact) mass is 247 g/mol. The molecule has 2 aliphatic rings. The molecule has 0 aromatic heterocycles. The summed E-state index contributed by atoms with van der Waals surface area (Å²) < 4.78 is 5.25. The minimum atomic E-state index is -0.0356. The number of rotatable bonds is 2. The second-order valence-electron chi connectivity index (χ2n) is 4.63. The highest BCUT2D eigenvalue weighted by Crippen LogP contribution is 2.17. The third-order valence-corrected chi connectivity index (χ3v) is 3.37. The molecule has 1 fully saturated rings. The van der Waals surface area contributed by atoms with E-state index in [0.717, 1.165) is 31.7 Å². The molecule has 1 saturated heterocycles. The number of carbonyl (C=O) groups is 1. The number of ether oxygens (including phenoxy) is 1. The molecule has 0 aliphatic carbocycles. The van der Waals surface area contributed by atoms with Gasteiger partial charge in [-0.2, -0.15) is 0 Å². The summed E-state index contributed by atoms with van der Waals surface area (Å²) in [7, 11) is 0. The van der Waals surface area contributed by atoms with E-state index in [-0.39, 0.29) is 5.91 Å². The summed E-state index contributed by atoms with van der Waals surface area (Å²) in [5.74, 6) is -0.0356. The molecule has 1 aromatic carbocycles. The Bertz CT molecular complexity index is 456. The third-order valence-electron chi connectivity index (χ3n) is 3.37. The fourth-order valence-corrected chi connectivity index (χ4v) is 2.32. The first-order chi connectivity index (χ1) is 8.83. The number of nitrogens with one attached hydrogen (secondary N) is 2. The Hall–Kier alpha value is -1.43. The summed E-state index contributed by atoms with van der Waals surface area (Å²) in [6.07, 6.45) is 0. The highest BCUT2D eigenvalue weighted by Gasteiger charge is 2.16. The lowest BCUT2D eigenvalue weighted by atomic mass is 10.1. The van der Waals surface area contributed by atoms with E-state index in [1.165, 1.54) is 11.1 Å². The van der Waals surface area contributed by atoms with E-state index in [4.69, 9.17) is 4.74 Å². The summed E-state index contributed by atoms with van der Waals surface area (Å²) in [6.45, 7) is 4.61. The summed E-state index contributed by atoms with van der Waals surface area (Å²) in [5.41, 5.74) is 6.16. The summed E-state index contributed by atoms with van der Waals surface area (Å²) >= 11 is 0. The number of fused-ring (bicyclic) bond motifs is 1. The zero-order valence-corrected chi connectivity index (χ0v) is 10.2. The van der Waals surface area contributed by atoms with Crippen molar-refractivity contribution >= 4 is 5.91 Å². The predicted molar refractivity (Wildman–Crippen MR) is 66.8 cm³/mol. The molecule has 2 heterocycles. The lowest BCUT2D eigenvalue weighted by Gasteiger charge is -2.26. The number of hydrazine groups is 1. The van der Waals surface area contributed by atoms with Crippen LogP contribution < -0.4 is 10.7 Å². The van der Waals surface area contributed by atoms with Gasteiger partial charge in [0.05, 0.1) is 13.2 Å². The zero-order chi connectivity index (χ0) is 12.4. The first-order valence-corrected chi connectivity index (χ1v) is 6.29. The van der Waals surface area contributed by atoms with E-state index >= 15 is 0 Å². The van der Waals surface area contributed by atoms with Gasteiger partial charge in [-0.05, 0) is 23.3 Å². The maximum atomic E-state index is 12.1. The molecular weight excluding hydrogens is 230 g/mol. The molecule has 0 radical (unpaired) electrons. The van der Waals surface area contributed by atoms with Gasteiger partial charge in [-0.25, -0.2) is 5.01 Å². The van der Waals surface area contributed by atoms with Crippen molar-refractivity contribution in [1.82, 2.24) is 15.8 Å². The SMILES string of the molecule is O=C(NN1CCOCC1)c1ccc2c(c1)CNC2. The highest BCUT2D eigenvalue weighted by atomic mass is 16.5. The van der Waals surface area contributed by atoms with Crippen LogP contribution in [-0.4, -0.2) is 37.2 Å². The number of benzene rings is 1. The first kappa shape index (κ1) is 11.6. The normalized spacial score (nSPS) is 19.6. The molecule has 0 saturated carbocycles. The Balaban J connectivity index is 1.68. The van der Waals surface area contributed by atoms with Gasteiger partial charge in [-0.3, -0.25) is 10.2 Å². The molecule has 5 heteroatoms. The molecule has 5 nitrogen and oxygen atoms in total. The van der Waals surface area contributed by atoms with E-state index in [2.05, 4.69) is 10.7 Å². The quantitative estimate of drug-likeness (QED) is 0.787. The maximum absolute atomic E-state index is 12.1. The van der Waals surface area contributed by atoms with Crippen molar-refractivity contribution in [2.24, 2.45) is 0 Å². The minimum absolute atomic E-state index is 0.0356. The first-order valence-electron chi connectivity index (χ1n) is 6.29. The highest BCUT2D eigenvalue weighted by molar-refractivity contribution is 5.94. The molecule has 96 valence electrons. The van der Waals surface area contributed by atoms with Crippen molar-refractivity contribution < 1.29 is 9.53 Å². The van der Waals surface area contributed by atoms with Crippen LogP contribution in [0.25, 0.3) is 0 Å². The number of carbonyl (C=O) groups excluding carboxylic acids is 1. The van der Waals surface area contributed by atoms with Crippen LogP contribution in [0.2, 0.25) is 0 Å². The van der Waals surface area contributed by atoms with Crippen LogP contribution in [0.15, 0.2) is 18.2 Å². The molecular formula is C13H17N3O2. The number of hydrogen-bond acceptors (Lipinski definition) is 4. The number of nitrogens with zero attached hydrogens (tertiary/aromatic N) is 1. The fraction of sp³-hybridized carbons (Fsp3) is 0.462. The van der Waals surface area contributed by atoms with E-state index in [1.807, 2.05) is 23.2 Å². The summed E-state index contributed by atoms with van der Waals surface area (Å²) in [6, 6.07) is 5.90. The van der Waals surface area contributed by atoms with Gasteiger partial charge in [0.15, 0.2) is 0 Å². The number of morpholine rings is 1. The van der Waals surface area contributed by atoms with Crippen molar-refractivity contribution in [1.29, 1.82) is 0 Å². The molecule has 18 heavy (non-hydrogen) atoms. The van der Waals surface area contributed by atoms with Crippen molar-refractivity contribution in [3.05, 3.63) is 34.9 Å². The van der Waals surface area contributed by atoms with Crippen LogP contribution in [-0.2, 0) is 17.8 Å². The molecule has 0 atom stereocenters. The lowest BCUT2D eigenvalue weighted by Crippen LogP contribution is -2.48. The Kier molecular flexibility index (Phi) is 3.27. The van der Waals surface area contributed by atoms with Crippen molar-refractivity contribution in [3.8, 4) is 0 Å². The topological polar surface area (TPSA) is 53.6 Å². The number of amides is 1. The third kappa shape index (κ3) is 2.38. The molecule has 1 amide bonds. The van der Waals surface area contributed by atoms with Gasteiger partial charge < -0.3 is 10.1 Å². The summed E-state index contributed by atoms with van der Waals surface area (Å²) in [5, 5.41) is 5.19. The lowest BCUT2D eigenvalue weighted by molar-refractivity contribution is 0.0126. The summed E-state index contributed by atoms with van der Waals surface area (Å²) in [4.78, 5) is 12.1. The van der Waals surface area contributed by atoms with Crippen LogP contribution in [0.3, 0.4) is 0 Å². The molecule has 0 unspecified atom stereocenters. The van der Waals surface area contributed by atoms with E-state index in [0.29, 0.717) is 13.2 Å². The average Bonchev–Trinajstić information content (AvgIpc) is 2.87. The van der Waals surface area contributed by atoms with E-state index in [9.17, 15) is 4.79 Å². The largest absolute Gasteiger partial charge is 0.379 e. The van der Waals surface area contributed by atoms with E-state index in [1.54, 1.807) is 0 Å². The van der Waals surface area contributed by atoms with Crippen LogP contribution in [0.4, 0.5) is 0 Å². The molecule has 3 rings (SSSR count). The van der Waals surface area contributed by atoms with Crippen molar-refractivity contribution in [3.63, 3.8) is 0 Å². The fourth-order valence-electron chi connectivity index (χ4n) is 2.32. The Morgan fingerprint density at radius 1 is 1.22 bits per heavy atom. The molecule has 2 N–H and O–H groups in total. The molecule has 0 bridgehead atoms. The molecule has 0 spiro atoms. The van der Waals surface area contributed by atoms with Gasteiger partial charge in [0.2, 0.25) is 0 Å². The van der Waals surface area contributed by atoms with Gasteiger partial charge in [-0.15, -0.1) is 0 Å². The molecule has 1 aromatic rings. The van der Waals surface area contributed by atoms with Crippen molar-refractivity contribution in [2.45, 2.75) is 13.1 Å². The van der Waals surface area contributed by atoms with Crippen LogP contribution in [0.5, 0.6) is 0 Å². The van der Waals surface area contributed by atoms with Crippen molar-refractivity contribution in [2.75, 3.05) is 26.3 Å². The maximum Gasteiger partial charge on any atom is 0.265 e. The second-order valence-corrected chi connectivity index (χ2v) is 4.63. The van der Waals surface area contributed by atoms with Gasteiger partial charge in [0.25, 0.3) is 5.91 Å². The van der Waals surface area contributed by atoms with Crippen LogP contribution in [0, 0.1) is 0 Å². The minimum Gasteiger partial charge on any atom is -0.379 e. The predicted octanol–water partition coefficient (Wildman–Crippen LogP) is 0.267. The van der Waals surface area contributed by atoms with Gasteiger partial charge >= 0.3 is 0 Å². The molecule has 2 aliphatic heterocycles. The Labute approximate surface area is 106 Å². The Morgan fingerprint density at radius 2 is 2.00 bits per heavy atom. The second kappa shape index (κ2) is 5.06. The standard InChI is InChI=1S/C13H17N3O2/c17-13(15-16-3-5-18-6-4-16)10-1-2-11-8-14-9-12(11)7-10/h1-2,7,14H,3-6,8-9H2,(H,15,17). The van der Waals surface area contributed by atoms with Gasteiger partial charge in [-0.1, -0.05) is 6.07 Å². The smallest absolute Gasteiger partial charge is 0.265 e.